The zero-order chi connectivity index (χ0) is 24.8. The first-order valence-electron chi connectivity index (χ1n) is 10.2. The van der Waals surface area contributed by atoms with Crippen molar-refractivity contribution in [2.24, 2.45) is 0 Å². The summed E-state index contributed by atoms with van der Waals surface area (Å²) in [5.41, 5.74) is 0.696. The Morgan fingerprint density at radius 1 is 0.971 bits per heavy atom. The zero-order valence-electron chi connectivity index (χ0n) is 18.8. The first kappa shape index (κ1) is 24.8. The first-order valence-corrected chi connectivity index (χ1v) is 10.6. The molecule has 0 unspecified atom stereocenters. The number of carbonyl (C=O) groups excluding carboxylic acids is 3. The van der Waals surface area contributed by atoms with Crippen LogP contribution in [0.5, 0.6) is 0 Å². The molecule has 10 nitrogen and oxygen atoms in total. The Labute approximate surface area is 199 Å². The molecule has 11 heteroatoms. The Morgan fingerprint density at radius 3 is 2.21 bits per heavy atom. The lowest BCUT2D eigenvalue weighted by Gasteiger charge is -2.11. The van der Waals surface area contributed by atoms with Crippen LogP contribution in [0.1, 0.15) is 37.5 Å². The summed E-state index contributed by atoms with van der Waals surface area (Å²) in [7, 11) is 3.99. The van der Waals surface area contributed by atoms with Gasteiger partial charge in [-0.2, -0.15) is 0 Å². The van der Waals surface area contributed by atoms with Gasteiger partial charge in [-0.05, 0) is 55.0 Å². The normalized spacial score (nSPS) is 10.7. The number of nitrogens with zero attached hydrogens (tertiary/aromatic N) is 1. The number of benzene rings is 2. The van der Waals surface area contributed by atoms with Crippen molar-refractivity contribution in [3.8, 4) is 0 Å². The maximum atomic E-state index is 12.9. The van der Waals surface area contributed by atoms with E-state index in [0.717, 1.165) is 0 Å². The topological polar surface area (TPSA) is 129 Å². The summed E-state index contributed by atoms with van der Waals surface area (Å²) in [6, 6.07) is 8.61. The van der Waals surface area contributed by atoms with Crippen molar-refractivity contribution in [2.75, 3.05) is 33.3 Å². The van der Waals surface area contributed by atoms with Crippen molar-refractivity contribution in [3.05, 3.63) is 68.2 Å². The average molecular weight is 486 g/mol. The van der Waals surface area contributed by atoms with Crippen LogP contribution in [0.25, 0.3) is 10.9 Å². The number of fused-ring (bicyclic) bond motifs is 1. The molecule has 0 aliphatic rings. The lowest BCUT2D eigenvalue weighted by Crippen LogP contribution is -2.23. The number of ether oxygens (including phenoxy) is 3. The largest absolute Gasteiger partial charge is 0.465 e. The third kappa shape index (κ3) is 5.38. The highest BCUT2D eigenvalue weighted by Gasteiger charge is 2.16. The first-order chi connectivity index (χ1) is 16.3. The minimum absolute atomic E-state index is 0.0670. The Morgan fingerprint density at radius 2 is 1.62 bits per heavy atom. The number of nitrogens with one attached hydrogen (secondary N) is 2. The van der Waals surface area contributed by atoms with E-state index in [1.165, 1.54) is 55.2 Å². The van der Waals surface area contributed by atoms with Crippen molar-refractivity contribution in [1.82, 2.24) is 9.55 Å². The van der Waals surface area contributed by atoms with Crippen LogP contribution in [0, 0.1) is 4.77 Å². The van der Waals surface area contributed by atoms with Crippen LogP contribution < -0.4 is 10.9 Å². The molecule has 1 aromatic heterocycles. The van der Waals surface area contributed by atoms with Gasteiger partial charge in [0.05, 0.1) is 36.2 Å². The summed E-state index contributed by atoms with van der Waals surface area (Å²) < 4.78 is 16.1. The molecule has 2 N–H and O–H groups in total. The zero-order valence-corrected chi connectivity index (χ0v) is 19.6. The molecule has 0 spiro atoms. The SMILES string of the molecule is COCCCn1c(=S)[nH]c2cc(C(=O)Nc3cc(C(=O)OC)cc(C(=O)OC)c3)ccc2c1=O. The van der Waals surface area contributed by atoms with Gasteiger partial charge in [-0.25, -0.2) is 9.59 Å². The Bertz CT molecular complexity index is 1340. The number of rotatable bonds is 8. The Kier molecular flexibility index (Phi) is 7.92. The second-order valence-corrected chi connectivity index (χ2v) is 7.62. The van der Waals surface area contributed by atoms with Crippen molar-refractivity contribution >= 4 is 46.7 Å². The number of esters is 2. The number of aromatic nitrogens is 2. The maximum Gasteiger partial charge on any atom is 0.337 e. The van der Waals surface area contributed by atoms with Crippen LogP contribution in [0.2, 0.25) is 0 Å². The number of anilines is 1. The van der Waals surface area contributed by atoms with Gasteiger partial charge >= 0.3 is 11.9 Å². The monoisotopic (exact) mass is 485 g/mol. The van der Waals surface area contributed by atoms with E-state index in [9.17, 15) is 19.2 Å². The van der Waals surface area contributed by atoms with Gasteiger partial charge in [0.25, 0.3) is 11.5 Å². The third-order valence-electron chi connectivity index (χ3n) is 5.01. The molecular formula is C23H23N3O7S. The highest BCUT2D eigenvalue weighted by molar-refractivity contribution is 7.71. The highest BCUT2D eigenvalue weighted by atomic mass is 32.1. The van der Waals surface area contributed by atoms with Gasteiger partial charge < -0.3 is 24.5 Å². The quantitative estimate of drug-likeness (QED) is 0.283. The molecule has 0 atom stereocenters. The molecular weight excluding hydrogens is 462 g/mol. The minimum atomic E-state index is -0.679. The molecule has 0 fully saturated rings. The van der Waals surface area contributed by atoms with E-state index in [-0.39, 0.29) is 32.7 Å². The summed E-state index contributed by atoms with van der Waals surface area (Å²) >= 11 is 5.31. The lowest BCUT2D eigenvalue weighted by molar-refractivity contribution is 0.0599. The van der Waals surface area contributed by atoms with Crippen LogP contribution in [0.15, 0.2) is 41.2 Å². The number of methoxy groups -OCH3 is 3. The number of aromatic amines is 1. The standard InChI is InChI=1S/C23H23N3O7S/c1-31-8-4-7-26-20(28)17-6-5-13(12-18(17)25-23(26)34)19(27)24-16-10-14(21(29)32-2)9-15(11-16)22(30)33-3/h5-6,9-12H,4,7-8H2,1-3H3,(H,24,27)(H,25,34). The summed E-state index contributed by atoms with van der Waals surface area (Å²) in [5.74, 6) is -1.88. The second-order valence-electron chi connectivity index (χ2n) is 7.23. The second kappa shape index (κ2) is 10.9. The van der Waals surface area contributed by atoms with Crippen LogP contribution in [-0.4, -0.2) is 55.3 Å². The lowest BCUT2D eigenvalue weighted by atomic mass is 10.1. The Hall–Kier alpha value is -3.83. The number of hydrogen-bond donors (Lipinski definition) is 2. The van der Waals surface area contributed by atoms with Crippen LogP contribution in [0.3, 0.4) is 0 Å². The fourth-order valence-corrected chi connectivity index (χ4v) is 3.62. The van der Waals surface area contributed by atoms with Crippen molar-refractivity contribution in [1.29, 1.82) is 0 Å². The van der Waals surface area contributed by atoms with E-state index in [1.54, 1.807) is 7.11 Å². The van der Waals surface area contributed by atoms with Gasteiger partial charge in [0, 0.05) is 31.5 Å². The number of hydrogen-bond acceptors (Lipinski definition) is 8. The molecule has 0 bridgehead atoms. The van der Waals surface area contributed by atoms with E-state index in [2.05, 4.69) is 10.3 Å². The predicted molar refractivity (Wildman–Crippen MR) is 127 cm³/mol. The van der Waals surface area contributed by atoms with Gasteiger partial charge in [-0.3, -0.25) is 14.2 Å². The molecule has 0 aliphatic carbocycles. The number of carbonyl (C=O) groups is 3. The average Bonchev–Trinajstić information content (AvgIpc) is 2.84. The molecule has 0 saturated carbocycles. The van der Waals surface area contributed by atoms with Crippen molar-refractivity contribution < 1.29 is 28.6 Å². The maximum absolute atomic E-state index is 12.9. The molecule has 178 valence electrons. The summed E-state index contributed by atoms with van der Waals surface area (Å²) in [5, 5.41) is 3.02. The van der Waals surface area contributed by atoms with E-state index in [1.807, 2.05) is 0 Å². The fraction of sp³-hybridized carbons (Fsp3) is 0.261. The van der Waals surface area contributed by atoms with E-state index in [0.29, 0.717) is 30.5 Å². The molecule has 2 aromatic carbocycles. The molecule has 1 heterocycles. The van der Waals surface area contributed by atoms with Gasteiger partial charge in [0.2, 0.25) is 0 Å². The fourth-order valence-electron chi connectivity index (χ4n) is 3.34. The molecule has 3 rings (SSSR count). The molecule has 0 aliphatic heterocycles. The number of amides is 1. The molecule has 0 radical (unpaired) electrons. The van der Waals surface area contributed by atoms with Gasteiger partial charge in [0.1, 0.15) is 0 Å². The third-order valence-corrected chi connectivity index (χ3v) is 5.33. The Balaban J connectivity index is 1.94. The predicted octanol–water partition coefficient (Wildman–Crippen LogP) is 2.92. The minimum Gasteiger partial charge on any atom is -0.465 e. The number of H-pyrrole nitrogens is 1. The van der Waals surface area contributed by atoms with E-state index >= 15 is 0 Å². The molecule has 3 aromatic rings. The van der Waals surface area contributed by atoms with E-state index < -0.39 is 17.8 Å². The molecule has 34 heavy (non-hydrogen) atoms. The van der Waals surface area contributed by atoms with Crippen molar-refractivity contribution in [2.45, 2.75) is 13.0 Å². The highest BCUT2D eigenvalue weighted by Crippen LogP contribution is 2.19. The van der Waals surface area contributed by atoms with Crippen molar-refractivity contribution in [3.63, 3.8) is 0 Å². The van der Waals surface area contributed by atoms with Gasteiger partial charge in [-0.1, -0.05) is 0 Å². The van der Waals surface area contributed by atoms with Crippen LogP contribution in [-0.2, 0) is 20.8 Å². The summed E-state index contributed by atoms with van der Waals surface area (Å²) in [6.07, 6.45) is 0.623. The molecule has 0 saturated heterocycles. The van der Waals surface area contributed by atoms with Gasteiger partial charge in [0.15, 0.2) is 4.77 Å². The van der Waals surface area contributed by atoms with Crippen LogP contribution in [0.4, 0.5) is 5.69 Å². The molecule has 1 amide bonds. The summed E-state index contributed by atoms with van der Waals surface area (Å²) in [4.78, 5) is 52.6. The van der Waals surface area contributed by atoms with Crippen LogP contribution >= 0.6 is 12.2 Å². The summed E-state index contributed by atoms with van der Waals surface area (Å²) in [6.45, 7) is 0.895. The van der Waals surface area contributed by atoms with Gasteiger partial charge in [-0.15, -0.1) is 0 Å². The van der Waals surface area contributed by atoms with E-state index in [4.69, 9.17) is 26.4 Å². The smallest absolute Gasteiger partial charge is 0.337 e.